The highest BCUT2D eigenvalue weighted by Crippen LogP contribution is 2.27. The fraction of sp³-hybridized carbons (Fsp3) is 0.571. The van der Waals surface area contributed by atoms with Crippen molar-refractivity contribution in [2.75, 3.05) is 5.33 Å². The summed E-state index contributed by atoms with van der Waals surface area (Å²) in [7, 11) is -3.40. The van der Waals surface area contributed by atoms with Crippen LogP contribution in [0.15, 0.2) is 29.2 Å². The van der Waals surface area contributed by atoms with E-state index in [4.69, 9.17) is 0 Å². The topological polar surface area (TPSA) is 46.2 Å². The summed E-state index contributed by atoms with van der Waals surface area (Å²) in [6.07, 6.45) is 4.32. The molecule has 0 spiro atoms. The van der Waals surface area contributed by atoms with Gasteiger partial charge >= 0.3 is 0 Å². The maximum Gasteiger partial charge on any atom is 0.240 e. The van der Waals surface area contributed by atoms with Crippen LogP contribution < -0.4 is 4.72 Å². The quantitative estimate of drug-likeness (QED) is 0.851. The number of sulfonamides is 1. The smallest absolute Gasteiger partial charge is 0.208 e. The highest BCUT2D eigenvalue weighted by molar-refractivity contribution is 9.09. The van der Waals surface area contributed by atoms with E-state index in [9.17, 15) is 8.42 Å². The largest absolute Gasteiger partial charge is 0.240 e. The molecule has 0 aromatic heterocycles. The van der Waals surface area contributed by atoms with Crippen LogP contribution in [0, 0.1) is 12.8 Å². The molecule has 1 saturated carbocycles. The first-order valence-electron chi connectivity index (χ1n) is 6.68. The maximum atomic E-state index is 12.4. The molecule has 1 aliphatic rings. The van der Waals surface area contributed by atoms with E-state index in [1.54, 1.807) is 18.2 Å². The zero-order valence-electron chi connectivity index (χ0n) is 11.1. The van der Waals surface area contributed by atoms with Crippen molar-refractivity contribution in [1.82, 2.24) is 4.72 Å². The molecule has 19 heavy (non-hydrogen) atoms. The van der Waals surface area contributed by atoms with Gasteiger partial charge in [0.2, 0.25) is 10.0 Å². The first-order chi connectivity index (χ1) is 9.03. The molecule has 0 aliphatic heterocycles. The summed E-state index contributed by atoms with van der Waals surface area (Å²) >= 11 is 3.49. The molecular weight excluding hydrogens is 326 g/mol. The van der Waals surface area contributed by atoms with Gasteiger partial charge in [0.05, 0.1) is 4.90 Å². The lowest BCUT2D eigenvalue weighted by Gasteiger charge is -2.30. The predicted molar refractivity (Wildman–Crippen MR) is 81.0 cm³/mol. The van der Waals surface area contributed by atoms with E-state index in [-0.39, 0.29) is 6.04 Å². The Kier molecular flexibility index (Phi) is 5.03. The van der Waals surface area contributed by atoms with Gasteiger partial charge in [0, 0.05) is 11.4 Å². The Bertz CT molecular complexity index is 530. The summed E-state index contributed by atoms with van der Waals surface area (Å²) in [5.41, 5.74) is 0.962. The predicted octanol–water partition coefficient (Wildman–Crippen LogP) is 3.23. The molecule has 0 heterocycles. The zero-order chi connectivity index (χ0) is 13.9. The van der Waals surface area contributed by atoms with Crippen LogP contribution in [0.2, 0.25) is 0 Å². The monoisotopic (exact) mass is 345 g/mol. The van der Waals surface area contributed by atoms with Crippen LogP contribution in [0.3, 0.4) is 0 Å². The van der Waals surface area contributed by atoms with Crippen LogP contribution >= 0.6 is 15.9 Å². The van der Waals surface area contributed by atoms with E-state index in [0.717, 1.165) is 30.2 Å². The SMILES string of the molecule is Cc1cccc(S(=O)(=O)NC2CCCCC2CBr)c1. The van der Waals surface area contributed by atoms with Gasteiger partial charge in [0.15, 0.2) is 0 Å². The fourth-order valence-corrected chi connectivity index (χ4v) is 4.82. The van der Waals surface area contributed by atoms with Gasteiger partial charge in [-0.3, -0.25) is 0 Å². The second-order valence-corrected chi connectivity index (χ2v) is 7.60. The first-order valence-corrected chi connectivity index (χ1v) is 9.28. The van der Waals surface area contributed by atoms with Crippen LogP contribution in [0.4, 0.5) is 0 Å². The number of aryl methyl sites for hydroxylation is 1. The van der Waals surface area contributed by atoms with E-state index in [0.29, 0.717) is 10.8 Å². The highest BCUT2D eigenvalue weighted by atomic mass is 79.9. The fourth-order valence-electron chi connectivity index (χ4n) is 2.60. The van der Waals surface area contributed by atoms with Crippen molar-refractivity contribution in [3.8, 4) is 0 Å². The van der Waals surface area contributed by atoms with Crippen LogP contribution in [0.1, 0.15) is 31.2 Å². The molecule has 1 aromatic rings. The van der Waals surface area contributed by atoms with E-state index in [1.807, 2.05) is 13.0 Å². The molecule has 1 aromatic carbocycles. The third-order valence-electron chi connectivity index (χ3n) is 3.71. The number of rotatable bonds is 4. The van der Waals surface area contributed by atoms with Gasteiger partial charge in [-0.05, 0) is 43.4 Å². The van der Waals surface area contributed by atoms with Gasteiger partial charge in [0.25, 0.3) is 0 Å². The third-order valence-corrected chi connectivity index (χ3v) is 6.03. The zero-order valence-corrected chi connectivity index (χ0v) is 13.5. The molecule has 0 saturated heterocycles. The van der Waals surface area contributed by atoms with Crippen LogP contribution in [-0.2, 0) is 10.0 Å². The van der Waals surface area contributed by atoms with Crippen LogP contribution in [0.25, 0.3) is 0 Å². The van der Waals surface area contributed by atoms with Crippen molar-refractivity contribution in [3.05, 3.63) is 29.8 Å². The molecule has 0 bridgehead atoms. The van der Waals surface area contributed by atoms with E-state index < -0.39 is 10.0 Å². The average molecular weight is 346 g/mol. The number of hydrogen-bond donors (Lipinski definition) is 1. The highest BCUT2D eigenvalue weighted by Gasteiger charge is 2.28. The van der Waals surface area contributed by atoms with Gasteiger partial charge in [-0.1, -0.05) is 40.9 Å². The van der Waals surface area contributed by atoms with Crippen molar-refractivity contribution in [3.63, 3.8) is 0 Å². The molecule has 1 fully saturated rings. The van der Waals surface area contributed by atoms with E-state index in [2.05, 4.69) is 20.7 Å². The summed E-state index contributed by atoms with van der Waals surface area (Å²) in [4.78, 5) is 0.367. The molecule has 1 N–H and O–H groups in total. The summed E-state index contributed by atoms with van der Waals surface area (Å²) in [5, 5.41) is 0.855. The Hall–Kier alpha value is -0.390. The molecular formula is C14H20BrNO2S. The van der Waals surface area contributed by atoms with Crippen molar-refractivity contribution in [1.29, 1.82) is 0 Å². The molecule has 2 unspecified atom stereocenters. The first kappa shape index (κ1) is 15.0. The van der Waals surface area contributed by atoms with Gasteiger partial charge in [-0.2, -0.15) is 0 Å². The second kappa shape index (κ2) is 6.37. The minimum absolute atomic E-state index is 0.0543. The summed E-state index contributed by atoms with van der Waals surface area (Å²) in [6, 6.07) is 7.11. The molecule has 2 atom stereocenters. The molecule has 1 aliphatic carbocycles. The van der Waals surface area contributed by atoms with Crippen LogP contribution in [-0.4, -0.2) is 19.8 Å². The van der Waals surface area contributed by atoms with Crippen molar-refractivity contribution >= 4 is 26.0 Å². The number of halogens is 1. The van der Waals surface area contributed by atoms with Crippen molar-refractivity contribution in [2.24, 2.45) is 5.92 Å². The Balaban J connectivity index is 2.16. The molecule has 5 heteroatoms. The van der Waals surface area contributed by atoms with E-state index >= 15 is 0 Å². The Morgan fingerprint density at radius 1 is 1.32 bits per heavy atom. The minimum atomic E-state index is -3.40. The lowest BCUT2D eigenvalue weighted by molar-refractivity contribution is 0.316. The van der Waals surface area contributed by atoms with Crippen molar-refractivity contribution < 1.29 is 8.42 Å². The number of alkyl halides is 1. The minimum Gasteiger partial charge on any atom is -0.208 e. The van der Waals surface area contributed by atoms with E-state index in [1.165, 1.54) is 6.42 Å². The lowest BCUT2D eigenvalue weighted by Crippen LogP contribution is -2.42. The molecule has 0 amide bonds. The Morgan fingerprint density at radius 3 is 2.74 bits per heavy atom. The second-order valence-electron chi connectivity index (χ2n) is 5.24. The van der Waals surface area contributed by atoms with Gasteiger partial charge in [-0.25, -0.2) is 13.1 Å². The van der Waals surface area contributed by atoms with Crippen LogP contribution in [0.5, 0.6) is 0 Å². The summed E-state index contributed by atoms with van der Waals surface area (Å²) in [5.74, 6) is 0.397. The molecule has 3 nitrogen and oxygen atoms in total. The third kappa shape index (κ3) is 3.80. The number of nitrogens with one attached hydrogen (secondary N) is 1. The van der Waals surface area contributed by atoms with Crippen molar-refractivity contribution in [2.45, 2.75) is 43.5 Å². The number of hydrogen-bond acceptors (Lipinski definition) is 2. The normalized spacial score (nSPS) is 24.3. The molecule has 2 rings (SSSR count). The standard InChI is InChI=1S/C14H20BrNO2S/c1-11-5-4-7-13(9-11)19(17,18)16-14-8-3-2-6-12(14)10-15/h4-5,7,9,12,14,16H,2-3,6,8,10H2,1H3. The van der Waals surface area contributed by atoms with Gasteiger partial charge < -0.3 is 0 Å². The summed E-state index contributed by atoms with van der Waals surface area (Å²) < 4.78 is 27.7. The Morgan fingerprint density at radius 2 is 2.05 bits per heavy atom. The lowest BCUT2D eigenvalue weighted by atomic mass is 9.87. The summed E-state index contributed by atoms with van der Waals surface area (Å²) in [6.45, 7) is 1.90. The Labute approximate surface area is 124 Å². The average Bonchev–Trinajstić information content (AvgIpc) is 2.39. The number of benzene rings is 1. The van der Waals surface area contributed by atoms with Gasteiger partial charge in [0.1, 0.15) is 0 Å². The van der Waals surface area contributed by atoms with Gasteiger partial charge in [-0.15, -0.1) is 0 Å². The molecule has 0 radical (unpaired) electrons. The molecule has 106 valence electrons. The maximum absolute atomic E-state index is 12.4.